The minimum atomic E-state index is -4.62. The molecule has 0 saturated carbocycles. The summed E-state index contributed by atoms with van der Waals surface area (Å²) < 4.78 is 131. The van der Waals surface area contributed by atoms with Crippen LogP contribution in [0.4, 0.5) is 35.1 Å². The molecule has 2 heterocycles. The molecule has 3 aromatic carbocycles. The Morgan fingerprint density at radius 3 is 1.96 bits per heavy atom. The van der Waals surface area contributed by atoms with Crippen LogP contribution in [0.3, 0.4) is 0 Å². The molecule has 1 saturated heterocycles. The summed E-state index contributed by atoms with van der Waals surface area (Å²) in [5.74, 6) is -10.4. The lowest BCUT2D eigenvalue weighted by atomic mass is 10.0. The van der Waals surface area contributed by atoms with Crippen LogP contribution in [0.15, 0.2) is 54.9 Å². The number of hydrogen-bond donors (Lipinski definition) is 0. The zero-order valence-electron chi connectivity index (χ0n) is 23.7. The molecule has 1 aliphatic heterocycles. The lowest BCUT2D eigenvalue weighted by molar-refractivity contribution is -0.206. The van der Waals surface area contributed by atoms with E-state index in [1.54, 1.807) is 0 Å². The predicted molar refractivity (Wildman–Crippen MR) is 146 cm³/mol. The van der Waals surface area contributed by atoms with Crippen molar-refractivity contribution in [3.05, 3.63) is 101 Å². The van der Waals surface area contributed by atoms with Crippen molar-refractivity contribution < 1.29 is 49.3 Å². The number of ether oxygens (including phenoxy) is 3. The van der Waals surface area contributed by atoms with Gasteiger partial charge in [0.15, 0.2) is 29.6 Å². The topological polar surface area (TPSA) is 53.5 Å². The number of unbranched alkanes of at least 4 members (excludes halogenated alkanes) is 2. The molecule has 5 rings (SSSR count). The molecule has 1 fully saturated rings. The molecule has 0 bridgehead atoms. The van der Waals surface area contributed by atoms with Crippen molar-refractivity contribution in [3.63, 3.8) is 0 Å². The number of aromatic nitrogens is 2. The highest BCUT2D eigenvalue weighted by molar-refractivity contribution is 5.65. The zero-order valence-corrected chi connectivity index (χ0v) is 23.7. The van der Waals surface area contributed by atoms with Crippen molar-refractivity contribution in [2.75, 3.05) is 13.2 Å². The summed E-state index contributed by atoms with van der Waals surface area (Å²) in [7, 11) is 0. The molecule has 1 aromatic heterocycles. The Labute approximate surface area is 252 Å². The highest BCUT2D eigenvalue weighted by atomic mass is 19.3. The lowest BCUT2D eigenvalue weighted by Crippen LogP contribution is -2.27. The standard InChI is InChI=1S/C32H26F8N2O3/c1-2-3-4-5-17-15-43-31(44-16-17)20-13-41-30(42-14-20)19-10-24(34)28(25(35)11-19)32(39,40)45-21-6-7-22(23(33)12-21)18-8-26(36)29(38)27(37)9-18/h6-14,17,31H,2-5,15-16H2,1H3. The van der Waals surface area contributed by atoms with Gasteiger partial charge in [0, 0.05) is 41.1 Å². The van der Waals surface area contributed by atoms with Crippen molar-refractivity contribution in [2.45, 2.75) is 45.0 Å². The van der Waals surface area contributed by atoms with E-state index in [1.165, 1.54) is 12.4 Å². The Morgan fingerprint density at radius 1 is 0.778 bits per heavy atom. The molecule has 13 heteroatoms. The number of hydrogen-bond acceptors (Lipinski definition) is 5. The van der Waals surface area contributed by atoms with Gasteiger partial charge in [0.1, 0.15) is 28.8 Å². The summed E-state index contributed by atoms with van der Waals surface area (Å²) >= 11 is 0. The van der Waals surface area contributed by atoms with Gasteiger partial charge in [-0.05, 0) is 48.4 Å². The smallest absolute Gasteiger partial charge is 0.429 e. The molecule has 1 aliphatic rings. The first kappa shape index (κ1) is 32.3. The van der Waals surface area contributed by atoms with Crippen LogP contribution in [0.25, 0.3) is 22.5 Å². The molecule has 0 atom stereocenters. The summed E-state index contributed by atoms with van der Waals surface area (Å²) in [4.78, 5) is 8.14. The van der Waals surface area contributed by atoms with Gasteiger partial charge in [0.05, 0.1) is 13.2 Å². The second-order valence-electron chi connectivity index (χ2n) is 10.5. The van der Waals surface area contributed by atoms with E-state index in [0.717, 1.165) is 37.8 Å². The van der Waals surface area contributed by atoms with Gasteiger partial charge >= 0.3 is 6.11 Å². The fourth-order valence-corrected chi connectivity index (χ4v) is 4.88. The van der Waals surface area contributed by atoms with Crippen molar-refractivity contribution in [1.82, 2.24) is 9.97 Å². The molecule has 0 radical (unpaired) electrons. The van der Waals surface area contributed by atoms with Gasteiger partial charge in [-0.2, -0.15) is 8.78 Å². The maximum absolute atomic E-state index is 15.0. The molecule has 45 heavy (non-hydrogen) atoms. The Hall–Kier alpha value is -4.10. The summed E-state index contributed by atoms with van der Waals surface area (Å²) in [5, 5.41) is 0. The van der Waals surface area contributed by atoms with Crippen LogP contribution >= 0.6 is 0 Å². The highest BCUT2D eigenvalue weighted by Crippen LogP contribution is 2.38. The van der Waals surface area contributed by atoms with E-state index in [4.69, 9.17) is 9.47 Å². The Balaban J connectivity index is 1.28. The molecule has 0 spiro atoms. The third-order valence-corrected chi connectivity index (χ3v) is 7.20. The van der Waals surface area contributed by atoms with Crippen LogP contribution in [0, 0.1) is 40.8 Å². The Kier molecular flexibility index (Phi) is 9.68. The van der Waals surface area contributed by atoms with Gasteiger partial charge in [-0.25, -0.2) is 36.3 Å². The van der Waals surface area contributed by atoms with E-state index < -0.39 is 69.7 Å². The molecule has 0 N–H and O–H groups in total. The normalized spacial score (nSPS) is 17.0. The van der Waals surface area contributed by atoms with Gasteiger partial charge in [-0.15, -0.1) is 0 Å². The van der Waals surface area contributed by atoms with Gasteiger partial charge in [-0.3, -0.25) is 0 Å². The van der Waals surface area contributed by atoms with Gasteiger partial charge in [0.25, 0.3) is 0 Å². The van der Waals surface area contributed by atoms with E-state index in [-0.39, 0.29) is 17.3 Å². The van der Waals surface area contributed by atoms with Crippen LogP contribution < -0.4 is 4.74 Å². The maximum Gasteiger partial charge on any atom is 0.432 e. The summed E-state index contributed by atoms with van der Waals surface area (Å²) in [6.45, 7) is 3.11. The number of alkyl halides is 2. The Morgan fingerprint density at radius 2 is 1.38 bits per heavy atom. The second-order valence-corrected chi connectivity index (χ2v) is 10.5. The highest BCUT2D eigenvalue weighted by Gasteiger charge is 2.41. The lowest BCUT2D eigenvalue weighted by Gasteiger charge is -2.29. The molecule has 0 aliphatic carbocycles. The fraction of sp³-hybridized carbons (Fsp3) is 0.312. The van der Waals surface area contributed by atoms with Crippen LogP contribution in [-0.2, 0) is 15.6 Å². The molecule has 4 aromatic rings. The third kappa shape index (κ3) is 7.25. The molecular formula is C32H26F8N2O3. The first-order valence-electron chi connectivity index (χ1n) is 14.0. The minimum absolute atomic E-state index is 0.160. The average Bonchev–Trinajstić information content (AvgIpc) is 2.99. The monoisotopic (exact) mass is 638 g/mol. The SMILES string of the molecule is CCCCCC1COC(c2cnc(-c3cc(F)c(C(F)(F)Oc4ccc(-c5cc(F)c(F)c(F)c5)c(F)c4)c(F)c3)nc2)OC1. The van der Waals surface area contributed by atoms with Gasteiger partial charge in [0.2, 0.25) is 0 Å². The molecule has 0 unspecified atom stereocenters. The van der Waals surface area contributed by atoms with Crippen molar-refractivity contribution in [3.8, 4) is 28.3 Å². The number of halogens is 8. The average molecular weight is 639 g/mol. The quantitative estimate of drug-likeness (QED) is 0.0986. The second kappa shape index (κ2) is 13.5. The number of rotatable bonds is 10. The largest absolute Gasteiger partial charge is 0.432 e. The number of benzene rings is 3. The zero-order chi connectivity index (χ0) is 32.3. The van der Waals surface area contributed by atoms with Crippen molar-refractivity contribution in [1.29, 1.82) is 0 Å². The van der Waals surface area contributed by atoms with Gasteiger partial charge < -0.3 is 14.2 Å². The van der Waals surface area contributed by atoms with Crippen molar-refractivity contribution in [2.24, 2.45) is 5.92 Å². The summed E-state index contributed by atoms with van der Waals surface area (Å²) in [6.07, 6.45) is 1.66. The maximum atomic E-state index is 15.0. The van der Waals surface area contributed by atoms with Crippen LogP contribution in [0.2, 0.25) is 0 Å². The number of nitrogens with zero attached hydrogens (tertiary/aromatic N) is 2. The van der Waals surface area contributed by atoms with E-state index in [0.29, 0.717) is 49.1 Å². The summed E-state index contributed by atoms with van der Waals surface area (Å²) in [5.41, 5.74) is -2.42. The molecule has 5 nitrogen and oxygen atoms in total. The van der Waals surface area contributed by atoms with Crippen LogP contribution in [0.1, 0.15) is 50.0 Å². The summed E-state index contributed by atoms with van der Waals surface area (Å²) in [6, 6.07) is 4.26. The van der Waals surface area contributed by atoms with Crippen LogP contribution in [-0.4, -0.2) is 23.2 Å². The van der Waals surface area contributed by atoms with E-state index in [1.807, 2.05) is 0 Å². The molecular weight excluding hydrogens is 612 g/mol. The first-order chi connectivity index (χ1) is 21.5. The van der Waals surface area contributed by atoms with Crippen molar-refractivity contribution >= 4 is 0 Å². The van der Waals surface area contributed by atoms with E-state index in [9.17, 15) is 35.1 Å². The van der Waals surface area contributed by atoms with E-state index in [2.05, 4.69) is 21.6 Å². The van der Waals surface area contributed by atoms with E-state index >= 15 is 0 Å². The van der Waals surface area contributed by atoms with Crippen LogP contribution in [0.5, 0.6) is 5.75 Å². The first-order valence-corrected chi connectivity index (χ1v) is 14.0. The molecule has 238 valence electrons. The van der Waals surface area contributed by atoms with Gasteiger partial charge in [-0.1, -0.05) is 26.2 Å². The predicted octanol–water partition coefficient (Wildman–Crippen LogP) is 9.02. The fourth-order valence-electron chi connectivity index (χ4n) is 4.88. The Bertz CT molecular complexity index is 1620. The third-order valence-electron chi connectivity index (χ3n) is 7.20. The molecule has 0 amide bonds. The minimum Gasteiger partial charge on any atom is -0.429 e.